The molecule has 0 atom stereocenters. The molecule has 0 saturated heterocycles. The van der Waals surface area contributed by atoms with Gasteiger partial charge in [0, 0.05) is 55.3 Å². The van der Waals surface area contributed by atoms with E-state index in [1.54, 1.807) is 0 Å². The molecule has 3 heterocycles. The number of phenolic OH excluding ortho intramolecular Hbond substituents is 1. The Bertz CT molecular complexity index is 3750. The van der Waals surface area contributed by atoms with Crippen LogP contribution in [0.5, 0.6) is 5.75 Å². The second kappa shape index (κ2) is 19.5. The van der Waals surface area contributed by atoms with Gasteiger partial charge in [-0.05, 0) is 134 Å². The smallest absolute Gasteiger partial charge is 0.148 e. The third-order valence-electron chi connectivity index (χ3n) is 15.8. The molecule has 0 amide bonds. The molecule has 0 radical (unpaired) electrons. The van der Waals surface area contributed by atoms with Gasteiger partial charge in [0.25, 0.3) is 0 Å². The zero-order valence-corrected chi connectivity index (χ0v) is 47.7. The molecular formula is C69H69N4OPt-. The molecule has 5 nitrogen and oxygen atoms in total. The van der Waals surface area contributed by atoms with Crippen LogP contribution in [0, 0.1) is 11.5 Å². The summed E-state index contributed by atoms with van der Waals surface area (Å²) in [5.41, 5.74) is 16.7. The van der Waals surface area contributed by atoms with Gasteiger partial charge in [0.1, 0.15) is 11.6 Å². The van der Waals surface area contributed by atoms with Gasteiger partial charge < -0.3 is 5.11 Å². The van der Waals surface area contributed by atoms with Crippen molar-refractivity contribution < 1.29 is 26.2 Å². The largest absolute Gasteiger partial charge is 0.507 e. The minimum Gasteiger partial charge on any atom is -0.507 e. The van der Waals surface area contributed by atoms with Gasteiger partial charge in [-0.15, -0.1) is 23.6 Å². The average Bonchev–Trinajstić information content (AvgIpc) is 3.80. The maximum atomic E-state index is 12.7. The summed E-state index contributed by atoms with van der Waals surface area (Å²) in [7, 11) is 0. The zero-order chi connectivity index (χ0) is 51.9. The van der Waals surface area contributed by atoms with Gasteiger partial charge in [-0.1, -0.05) is 190 Å². The summed E-state index contributed by atoms with van der Waals surface area (Å²) >= 11 is 0. The number of pyridine rings is 2. The van der Waals surface area contributed by atoms with Crippen LogP contribution in [0.1, 0.15) is 130 Å². The van der Waals surface area contributed by atoms with Crippen LogP contribution in [-0.2, 0) is 37.3 Å². The molecule has 6 heteroatoms. The Morgan fingerprint density at radius 1 is 0.600 bits per heavy atom. The molecule has 0 unspecified atom stereocenters. The number of imidazole rings is 1. The summed E-state index contributed by atoms with van der Waals surface area (Å²) in [5, 5.41) is 15.5. The Labute approximate surface area is 458 Å². The van der Waals surface area contributed by atoms with E-state index in [0.29, 0.717) is 22.7 Å². The van der Waals surface area contributed by atoms with E-state index >= 15 is 0 Å². The number of hydrogen-bond donors (Lipinski definition) is 1. The normalized spacial score (nSPS) is 14.4. The first kappa shape index (κ1) is 51.8. The summed E-state index contributed by atoms with van der Waals surface area (Å²) in [5.74, 6) is 1.52. The SMILES string of the molecule is CC1(C)CCC(c2ccc(-c3ccnc(-c4[c-]c5c(cc4)c(-c4ccccc4)nc4ccc6c(nc(-c7cc(C(C)(C)C)cc(C(C)(C)C)c7O)n6-c6ccc(C(C)(C)C)cc6-c6ccccc6)c45)c3)cc2)CC1.[Pt]. The van der Waals surface area contributed by atoms with Crippen molar-refractivity contribution in [1.29, 1.82) is 0 Å². The molecule has 11 rings (SSSR count). The van der Waals surface area contributed by atoms with Crippen LogP contribution in [-0.4, -0.2) is 24.6 Å². The molecule has 10 aromatic rings. The minimum absolute atomic E-state index is 0. The number of aromatic hydroxyl groups is 1. The van der Waals surface area contributed by atoms with Crippen molar-refractivity contribution in [2.24, 2.45) is 5.41 Å². The molecule has 1 N–H and O–H groups in total. The van der Waals surface area contributed by atoms with E-state index in [4.69, 9.17) is 15.0 Å². The molecular weight excluding hydrogens is 1100 g/mol. The van der Waals surface area contributed by atoms with Gasteiger partial charge in [-0.25, -0.2) is 4.98 Å². The molecule has 0 bridgehead atoms. The Balaban J connectivity index is 0.00000641. The van der Waals surface area contributed by atoms with Gasteiger partial charge in [-0.2, -0.15) is 0 Å². The molecule has 3 aromatic heterocycles. The molecule has 0 spiro atoms. The molecule has 7 aromatic carbocycles. The van der Waals surface area contributed by atoms with Crippen molar-refractivity contribution in [3.05, 3.63) is 186 Å². The standard InChI is InChI=1S/C69H69N4O.Pt/c1-66(2,3)50-27-30-59(53(40-50)46-18-14-12-15-19-46)73-60-31-29-57-61(63(60)72-65(73)55-41-51(67(4,5)6)42-56(64(55)74)68(7,8)9)54-38-49(26-28-52(54)62(71-57)47-20-16-13-17-21-47)58-39-48(34-37-70-58)44-24-22-43(23-25-44)45-32-35-69(10,11)36-33-45;/h12-31,34,37,39-42,45,74H,32-33,35-36H2,1-11H3;/q-1;. The fraction of sp³-hybridized carbons (Fsp3) is 0.290. The molecule has 1 fully saturated rings. The van der Waals surface area contributed by atoms with E-state index in [1.807, 2.05) is 12.3 Å². The van der Waals surface area contributed by atoms with Gasteiger partial charge in [-0.3, -0.25) is 14.5 Å². The predicted molar refractivity (Wildman–Crippen MR) is 310 cm³/mol. The third kappa shape index (κ3) is 9.90. The van der Waals surface area contributed by atoms with Crippen molar-refractivity contribution in [1.82, 2.24) is 19.5 Å². The minimum atomic E-state index is -0.353. The van der Waals surface area contributed by atoms with Gasteiger partial charge in [0.15, 0.2) is 0 Å². The van der Waals surface area contributed by atoms with E-state index in [1.165, 1.54) is 42.4 Å². The van der Waals surface area contributed by atoms with Crippen LogP contribution in [0.4, 0.5) is 0 Å². The Morgan fingerprint density at radius 3 is 1.91 bits per heavy atom. The average molecular weight is 1170 g/mol. The van der Waals surface area contributed by atoms with Crippen molar-refractivity contribution in [3.8, 4) is 67.6 Å². The number of hydrogen-bond acceptors (Lipinski definition) is 4. The van der Waals surface area contributed by atoms with E-state index in [2.05, 4.69) is 232 Å². The van der Waals surface area contributed by atoms with Crippen molar-refractivity contribution in [3.63, 3.8) is 0 Å². The van der Waals surface area contributed by atoms with Crippen molar-refractivity contribution in [2.75, 3.05) is 0 Å². The number of aromatic nitrogens is 4. The van der Waals surface area contributed by atoms with E-state index < -0.39 is 0 Å². The number of phenols is 1. The molecule has 0 aliphatic heterocycles. The monoisotopic (exact) mass is 1160 g/mol. The number of nitrogens with zero attached hydrogens (tertiary/aromatic N) is 4. The van der Waals surface area contributed by atoms with Crippen LogP contribution >= 0.6 is 0 Å². The number of rotatable bonds is 7. The Morgan fingerprint density at radius 2 is 1.25 bits per heavy atom. The molecule has 1 aliphatic carbocycles. The van der Waals surface area contributed by atoms with Crippen LogP contribution in [0.15, 0.2) is 158 Å². The first-order valence-electron chi connectivity index (χ1n) is 26.6. The van der Waals surface area contributed by atoms with Crippen LogP contribution in [0.3, 0.4) is 0 Å². The first-order valence-corrected chi connectivity index (χ1v) is 26.6. The number of benzene rings is 7. The number of fused-ring (bicyclic) bond motifs is 5. The topological polar surface area (TPSA) is 63.8 Å². The van der Waals surface area contributed by atoms with Crippen LogP contribution in [0.2, 0.25) is 0 Å². The summed E-state index contributed by atoms with van der Waals surface area (Å²) in [6, 6.07) is 58.4. The second-order valence-electron chi connectivity index (χ2n) is 24.8. The second-order valence-corrected chi connectivity index (χ2v) is 24.8. The molecule has 1 aliphatic rings. The molecule has 75 heavy (non-hydrogen) atoms. The van der Waals surface area contributed by atoms with Gasteiger partial charge >= 0.3 is 0 Å². The van der Waals surface area contributed by atoms with Crippen molar-refractivity contribution >= 4 is 32.7 Å². The van der Waals surface area contributed by atoms with E-state index in [0.717, 1.165) is 88.7 Å². The molecule has 382 valence electrons. The maximum Gasteiger partial charge on any atom is 0.148 e. The third-order valence-corrected chi connectivity index (χ3v) is 15.8. The Kier molecular flexibility index (Phi) is 13.4. The van der Waals surface area contributed by atoms with Gasteiger partial charge in [0.2, 0.25) is 0 Å². The van der Waals surface area contributed by atoms with Gasteiger partial charge in [0.05, 0.1) is 22.3 Å². The van der Waals surface area contributed by atoms with E-state index in [-0.39, 0.29) is 43.1 Å². The molecule has 1 saturated carbocycles. The summed E-state index contributed by atoms with van der Waals surface area (Å²) in [6.07, 6.45) is 6.97. The summed E-state index contributed by atoms with van der Waals surface area (Å²) in [6.45, 7) is 24.8. The summed E-state index contributed by atoms with van der Waals surface area (Å²) in [4.78, 5) is 16.3. The zero-order valence-electron chi connectivity index (χ0n) is 45.5. The maximum absolute atomic E-state index is 12.7. The quantitative estimate of drug-likeness (QED) is 0.128. The van der Waals surface area contributed by atoms with E-state index in [9.17, 15) is 5.11 Å². The first-order chi connectivity index (χ1) is 35.2. The van der Waals surface area contributed by atoms with Crippen molar-refractivity contribution in [2.45, 2.75) is 124 Å². The summed E-state index contributed by atoms with van der Waals surface area (Å²) < 4.78 is 2.28. The Hall–Kier alpha value is -6.68. The van der Waals surface area contributed by atoms with Crippen LogP contribution in [0.25, 0.3) is 94.6 Å². The fourth-order valence-electron chi connectivity index (χ4n) is 11.2. The fourth-order valence-corrected chi connectivity index (χ4v) is 11.2. The van der Waals surface area contributed by atoms with Crippen LogP contribution < -0.4 is 0 Å². The predicted octanol–water partition coefficient (Wildman–Crippen LogP) is 18.5.